The Morgan fingerprint density at radius 1 is 1.04 bits per heavy atom. The Morgan fingerprint density at radius 3 is 2.24 bits per heavy atom. The van der Waals surface area contributed by atoms with Gasteiger partial charge in [0.05, 0.1) is 33.0 Å². The number of anilines is 1. The molecule has 3 rings (SSSR count). The molecule has 8 heteroatoms. The zero-order chi connectivity index (χ0) is 17.3. The lowest BCUT2D eigenvalue weighted by atomic mass is 10.1. The quantitative estimate of drug-likeness (QED) is 0.717. The van der Waals surface area contributed by atoms with Gasteiger partial charge in [-0.15, -0.1) is 12.4 Å². The number of aromatic nitrogens is 2. The van der Waals surface area contributed by atoms with Crippen LogP contribution in [0.5, 0.6) is 17.2 Å². The standard InChI is InChI=1S/C17H17N3O4.ClH/c1-22-14-7-10(8-15(23-2)16(14)24-3)17(21)20-13-5-4-12(18)6-11(13)9-19-20;/h4-9H,18H2,1-3H3;1H. The van der Waals surface area contributed by atoms with E-state index >= 15 is 0 Å². The molecule has 0 spiro atoms. The van der Waals surface area contributed by atoms with Crippen LogP contribution in [0.25, 0.3) is 10.9 Å². The number of nitrogens with zero attached hydrogens (tertiary/aromatic N) is 2. The van der Waals surface area contributed by atoms with Crippen LogP contribution in [-0.2, 0) is 0 Å². The van der Waals surface area contributed by atoms with Crippen molar-refractivity contribution in [3.63, 3.8) is 0 Å². The number of methoxy groups -OCH3 is 3. The van der Waals surface area contributed by atoms with E-state index in [1.807, 2.05) is 0 Å². The van der Waals surface area contributed by atoms with Crippen LogP contribution in [0.3, 0.4) is 0 Å². The first-order chi connectivity index (χ1) is 11.6. The zero-order valence-electron chi connectivity index (χ0n) is 14.0. The van der Waals surface area contributed by atoms with Gasteiger partial charge in [0.15, 0.2) is 11.5 Å². The molecule has 0 saturated carbocycles. The molecule has 2 aromatic carbocycles. The molecule has 0 aliphatic heterocycles. The summed E-state index contributed by atoms with van der Waals surface area (Å²) in [6.07, 6.45) is 1.60. The van der Waals surface area contributed by atoms with Gasteiger partial charge < -0.3 is 19.9 Å². The van der Waals surface area contributed by atoms with Gasteiger partial charge in [0.1, 0.15) is 0 Å². The summed E-state index contributed by atoms with van der Waals surface area (Å²) in [6, 6.07) is 8.43. The molecule has 2 N–H and O–H groups in total. The van der Waals surface area contributed by atoms with Gasteiger partial charge in [-0.3, -0.25) is 4.79 Å². The smallest absolute Gasteiger partial charge is 0.279 e. The number of carbonyl (C=O) groups excluding carboxylic acids is 1. The Labute approximate surface area is 150 Å². The maximum absolute atomic E-state index is 12.9. The van der Waals surface area contributed by atoms with Crippen molar-refractivity contribution >= 4 is 34.9 Å². The summed E-state index contributed by atoms with van der Waals surface area (Å²) in [6.45, 7) is 0. The molecule has 1 aromatic heterocycles. The summed E-state index contributed by atoms with van der Waals surface area (Å²) in [7, 11) is 4.50. The molecule has 1 heterocycles. The number of rotatable bonds is 4. The van der Waals surface area contributed by atoms with E-state index in [0.29, 0.717) is 34.0 Å². The molecule has 0 radical (unpaired) electrons. The Balaban J connectivity index is 0.00000225. The molecule has 25 heavy (non-hydrogen) atoms. The summed E-state index contributed by atoms with van der Waals surface area (Å²) in [5.41, 5.74) is 7.41. The van der Waals surface area contributed by atoms with Crippen LogP contribution >= 0.6 is 12.4 Å². The fraction of sp³-hybridized carbons (Fsp3) is 0.176. The highest BCUT2D eigenvalue weighted by Gasteiger charge is 2.19. The fourth-order valence-corrected chi connectivity index (χ4v) is 2.54. The minimum atomic E-state index is -0.311. The van der Waals surface area contributed by atoms with Crippen LogP contribution in [0, 0.1) is 0 Å². The van der Waals surface area contributed by atoms with Crippen molar-refractivity contribution < 1.29 is 19.0 Å². The molecule has 0 aliphatic carbocycles. The normalized spacial score (nSPS) is 10.2. The molecule has 0 saturated heterocycles. The molecule has 0 unspecified atom stereocenters. The van der Waals surface area contributed by atoms with E-state index in [4.69, 9.17) is 19.9 Å². The number of hydrogen-bond donors (Lipinski definition) is 1. The average Bonchev–Trinajstić information content (AvgIpc) is 3.02. The van der Waals surface area contributed by atoms with Gasteiger partial charge in [-0.1, -0.05) is 0 Å². The second-order valence-electron chi connectivity index (χ2n) is 5.09. The van der Waals surface area contributed by atoms with E-state index in [0.717, 1.165) is 5.39 Å². The minimum absolute atomic E-state index is 0. The minimum Gasteiger partial charge on any atom is -0.493 e. The number of nitrogens with two attached hydrogens (primary N) is 1. The molecule has 3 aromatic rings. The van der Waals surface area contributed by atoms with Crippen LogP contribution in [0.15, 0.2) is 36.5 Å². The van der Waals surface area contributed by atoms with E-state index in [2.05, 4.69) is 5.10 Å². The van der Waals surface area contributed by atoms with Crippen molar-refractivity contribution in [1.82, 2.24) is 9.78 Å². The zero-order valence-corrected chi connectivity index (χ0v) is 14.8. The van der Waals surface area contributed by atoms with Crippen molar-refractivity contribution in [1.29, 1.82) is 0 Å². The summed E-state index contributed by atoms with van der Waals surface area (Å²) < 4.78 is 17.2. The van der Waals surface area contributed by atoms with E-state index < -0.39 is 0 Å². The highest BCUT2D eigenvalue weighted by Crippen LogP contribution is 2.38. The lowest BCUT2D eigenvalue weighted by Gasteiger charge is -2.13. The van der Waals surface area contributed by atoms with Crippen LogP contribution in [-0.4, -0.2) is 37.0 Å². The van der Waals surface area contributed by atoms with Crippen LogP contribution in [0.1, 0.15) is 10.4 Å². The van der Waals surface area contributed by atoms with Crippen LogP contribution in [0.4, 0.5) is 5.69 Å². The predicted octanol–water partition coefficient (Wildman–Crippen LogP) is 2.75. The van der Waals surface area contributed by atoms with Crippen LogP contribution in [0.2, 0.25) is 0 Å². The molecule has 0 fully saturated rings. The SMILES string of the molecule is COc1cc(C(=O)n2ncc3cc(N)ccc32)cc(OC)c1OC.Cl. The molecule has 0 aliphatic rings. The van der Waals surface area contributed by atoms with Gasteiger partial charge in [-0.2, -0.15) is 9.78 Å². The van der Waals surface area contributed by atoms with Gasteiger partial charge in [-0.05, 0) is 30.3 Å². The van der Waals surface area contributed by atoms with Crippen molar-refractivity contribution in [3.8, 4) is 17.2 Å². The summed E-state index contributed by atoms with van der Waals surface area (Å²) in [4.78, 5) is 12.9. The van der Waals surface area contributed by atoms with Crippen molar-refractivity contribution in [2.24, 2.45) is 0 Å². The van der Waals surface area contributed by atoms with E-state index in [1.54, 1.807) is 36.5 Å². The topological polar surface area (TPSA) is 88.6 Å². The monoisotopic (exact) mass is 363 g/mol. The van der Waals surface area contributed by atoms with Crippen molar-refractivity contribution in [2.75, 3.05) is 27.1 Å². The van der Waals surface area contributed by atoms with Gasteiger partial charge >= 0.3 is 0 Å². The summed E-state index contributed by atoms with van der Waals surface area (Å²) >= 11 is 0. The first-order valence-electron chi connectivity index (χ1n) is 7.17. The maximum atomic E-state index is 12.9. The molecule has 132 valence electrons. The number of hydrogen-bond acceptors (Lipinski definition) is 6. The molecule has 0 amide bonds. The van der Waals surface area contributed by atoms with Gasteiger partial charge in [0.25, 0.3) is 5.91 Å². The summed E-state index contributed by atoms with van der Waals surface area (Å²) in [5, 5.41) is 4.95. The second-order valence-corrected chi connectivity index (χ2v) is 5.09. The highest BCUT2D eigenvalue weighted by atomic mass is 35.5. The third-order valence-electron chi connectivity index (χ3n) is 3.70. The van der Waals surface area contributed by atoms with E-state index in [-0.39, 0.29) is 18.3 Å². The van der Waals surface area contributed by atoms with Crippen molar-refractivity contribution in [2.45, 2.75) is 0 Å². The van der Waals surface area contributed by atoms with E-state index in [1.165, 1.54) is 26.0 Å². The second kappa shape index (κ2) is 7.31. The largest absolute Gasteiger partial charge is 0.493 e. The predicted molar refractivity (Wildman–Crippen MR) is 97.2 cm³/mol. The first-order valence-corrected chi connectivity index (χ1v) is 7.17. The fourth-order valence-electron chi connectivity index (χ4n) is 2.54. The third kappa shape index (κ3) is 3.18. The molecular weight excluding hydrogens is 346 g/mol. The third-order valence-corrected chi connectivity index (χ3v) is 3.70. The van der Waals surface area contributed by atoms with Crippen molar-refractivity contribution in [3.05, 3.63) is 42.1 Å². The Bertz CT molecular complexity index is 898. The number of nitrogen functional groups attached to an aromatic ring is 1. The number of carbonyl (C=O) groups is 1. The average molecular weight is 364 g/mol. The van der Waals surface area contributed by atoms with Crippen LogP contribution < -0.4 is 19.9 Å². The molecular formula is C17H18ClN3O4. The van der Waals surface area contributed by atoms with E-state index in [9.17, 15) is 4.79 Å². The first kappa shape index (κ1) is 18.4. The summed E-state index contributed by atoms with van der Waals surface area (Å²) in [5.74, 6) is 0.922. The van der Waals surface area contributed by atoms with Gasteiger partial charge in [0.2, 0.25) is 5.75 Å². The Kier molecular flexibility index (Phi) is 5.38. The Hall–Kier alpha value is -2.93. The Morgan fingerprint density at radius 2 is 1.68 bits per heavy atom. The highest BCUT2D eigenvalue weighted by molar-refractivity contribution is 6.02. The van der Waals surface area contributed by atoms with Gasteiger partial charge in [-0.25, -0.2) is 0 Å². The number of benzene rings is 2. The molecule has 0 atom stereocenters. The molecule has 7 nitrogen and oxygen atoms in total. The van der Waals surface area contributed by atoms with Gasteiger partial charge in [0, 0.05) is 16.6 Å². The number of ether oxygens (including phenoxy) is 3. The lowest BCUT2D eigenvalue weighted by molar-refractivity contribution is 0.0949. The molecule has 0 bridgehead atoms. The number of halogens is 1. The lowest BCUT2D eigenvalue weighted by Crippen LogP contribution is -2.14. The maximum Gasteiger partial charge on any atom is 0.279 e. The number of fused-ring (bicyclic) bond motifs is 1.